The predicted molar refractivity (Wildman–Crippen MR) is 114 cm³/mol. The summed E-state index contributed by atoms with van der Waals surface area (Å²) < 4.78 is 34.3. The summed E-state index contributed by atoms with van der Waals surface area (Å²) in [6.45, 7) is 5.00. The van der Waals surface area contributed by atoms with Crippen LogP contribution in [-0.4, -0.2) is 56.6 Å². The number of hydrogen-bond donors (Lipinski definition) is 0. The Labute approximate surface area is 183 Å². The molecule has 0 unspecified atom stereocenters. The van der Waals surface area contributed by atoms with Crippen LogP contribution < -0.4 is 0 Å². The van der Waals surface area contributed by atoms with Crippen molar-refractivity contribution in [3.63, 3.8) is 0 Å². The zero-order chi connectivity index (χ0) is 22.0. The molecule has 0 bridgehead atoms. The second-order valence-corrected chi connectivity index (χ2v) is 8.41. The molecule has 0 N–H and O–H groups in total. The third-order valence-electron chi connectivity index (χ3n) is 4.92. The molecule has 2 aromatic carbocycles. The van der Waals surface area contributed by atoms with Gasteiger partial charge in [0.1, 0.15) is 11.6 Å². The number of nitrogens with zero attached hydrogens (tertiary/aromatic N) is 4. The number of rotatable bonds is 5. The maximum atomic E-state index is 13.5. The van der Waals surface area contributed by atoms with Crippen LogP contribution in [0.15, 0.2) is 53.7 Å². The fraction of sp³-hybridized carbons (Fsp3) is 0.318. The van der Waals surface area contributed by atoms with Crippen molar-refractivity contribution in [1.29, 1.82) is 0 Å². The molecule has 0 saturated carbocycles. The zero-order valence-electron chi connectivity index (χ0n) is 17.2. The van der Waals surface area contributed by atoms with E-state index in [0.717, 1.165) is 0 Å². The first-order valence-electron chi connectivity index (χ1n) is 9.94. The number of amides is 1. The van der Waals surface area contributed by atoms with Gasteiger partial charge in [0.25, 0.3) is 0 Å². The fourth-order valence-electron chi connectivity index (χ4n) is 3.57. The van der Waals surface area contributed by atoms with Gasteiger partial charge in [-0.15, -0.1) is 10.2 Å². The molecule has 3 aromatic rings. The van der Waals surface area contributed by atoms with Crippen LogP contribution in [0.2, 0.25) is 0 Å². The molecule has 1 fully saturated rings. The number of morpholine rings is 1. The maximum Gasteiger partial charge on any atom is 0.233 e. The monoisotopic (exact) mass is 444 g/mol. The van der Waals surface area contributed by atoms with Gasteiger partial charge in [-0.1, -0.05) is 11.8 Å². The van der Waals surface area contributed by atoms with Crippen LogP contribution in [0.5, 0.6) is 0 Å². The minimum atomic E-state index is -0.361. The van der Waals surface area contributed by atoms with Gasteiger partial charge in [-0.3, -0.25) is 9.36 Å². The molecule has 0 aliphatic carbocycles. The van der Waals surface area contributed by atoms with E-state index in [9.17, 15) is 13.6 Å². The molecule has 1 aliphatic rings. The number of carbonyl (C=O) groups is 1. The van der Waals surface area contributed by atoms with E-state index in [-0.39, 0.29) is 35.5 Å². The molecule has 2 atom stereocenters. The molecule has 4 rings (SSSR count). The van der Waals surface area contributed by atoms with Crippen LogP contribution in [0.3, 0.4) is 0 Å². The normalized spacial score (nSPS) is 18.9. The molecule has 0 spiro atoms. The lowest BCUT2D eigenvalue weighted by Crippen LogP contribution is -2.48. The summed E-state index contributed by atoms with van der Waals surface area (Å²) in [5, 5.41) is 9.01. The Kier molecular flexibility index (Phi) is 6.33. The van der Waals surface area contributed by atoms with Crippen LogP contribution in [0, 0.1) is 11.6 Å². The maximum absolute atomic E-state index is 13.5. The Morgan fingerprint density at radius 1 is 1.00 bits per heavy atom. The van der Waals surface area contributed by atoms with Gasteiger partial charge in [0.2, 0.25) is 5.91 Å². The van der Waals surface area contributed by atoms with E-state index in [1.54, 1.807) is 33.7 Å². The van der Waals surface area contributed by atoms with Gasteiger partial charge in [-0.25, -0.2) is 8.78 Å². The van der Waals surface area contributed by atoms with Gasteiger partial charge in [0.15, 0.2) is 11.0 Å². The van der Waals surface area contributed by atoms with E-state index in [4.69, 9.17) is 4.74 Å². The molecule has 31 heavy (non-hydrogen) atoms. The van der Waals surface area contributed by atoms with Crippen molar-refractivity contribution in [2.24, 2.45) is 0 Å². The lowest BCUT2D eigenvalue weighted by atomic mass is 10.2. The van der Waals surface area contributed by atoms with Gasteiger partial charge in [0.05, 0.1) is 18.0 Å². The Balaban J connectivity index is 1.60. The minimum Gasteiger partial charge on any atom is -0.372 e. The highest BCUT2D eigenvalue weighted by atomic mass is 32.2. The van der Waals surface area contributed by atoms with Crippen molar-refractivity contribution >= 4 is 17.7 Å². The molecular weight excluding hydrogens is 422 g/mol. The number of aromatic nitrogens is 3. The summed E-state index contributed by atoms with van der Waals surface area (Å²) in [4.78, 5) is 14.6. The fourth-order valence-corrected chi connectivity index (χ4v) is 4.43. The summed E-state index contributed by atoms with van der Waals surface area (Å²) in [6, 6.07) is 11.8. The average molecular weight is 445 g/mol. The molecule has 162 valence electrons. The summed E-state index contributed by atoms with van der Waals surface area (Å²) >= 11 is 1.26. The van der Waals surface area contributed by atoms with Crippen molar-refractivity contribution < 1.29 is 18.3 Å². The van der Waals surface area contributed by atoms with Crippen molar-refractivity contribution in [3.05, 3.63) is 60.2 Å². The van der Waals surface area contributed by atoms with E-state index in [2.05, 4.69) is 10.2 Å². The van der Waals surface area contributed by atoms with Gasteiger partial charge in [-0.05, 0) is 62.4 Å². The van der Waals surface area contributed by atoms with Crippen LogP contribution in [-0.2, 0) is 9.53 Å². The van der Waals surface area contributed by atoms with E-state index in [1.807, 2.05) is 13.8 Å². The van der Waals surface area contributed by atoms with Gasteiger partial charge < -0.3 is 9.64 Å². The molecule has 1 aromatic heterocycles. The largest absolute Gasteiger partial charge is 0.372 e. The first-order chi connectivity index (χ1) is 14.9. The third kappa shape index (κ3) is 4.94. The van der Waals surface area contributed by atoms with Gasteiger partial charge >= 0.3 is 0 Å². The van der Waals surface area contributed by atoms with Crippen LogP contribution in [0.4, 0.5) is 8.78 Å². The van der Waals surface area contributed by atoms with Crippen LogP contribution >= 0.6 is 11.8 Å². The Bertz CT molecular complexity index is 1050. The molecule has 9 heteroatoms. The highest BCUT2D eigenvalue weighted by molar-refractivity contribution is 7.99. The number of halogens is 2. The Morgan fingerprint density at radius 2 is 1.58 bits per heavy atom. The van der Waals surface area contributed by atoms with Crippen LogP contribution in [0.25, 0.3) is 17.1 Å². The number of thioether (sulfide) groups is 1. The molecule has 0 radical (unpaired) electrons. The van der Waals surface area contributed by atoms with Gasteiger partial charge in [0, 0.05) is 24.3 Å². The highest BCUT2D eigenvalue weighted by Gasteiger charge is 2.26. The van der Waals surface area contributed by atoms with Crippen molar-refractivity contribution in [2.75, 3.05) is 18.8 Å². The lowest BCUT2D eigenvalue weighted by Gasteiger charge is -2.35. The first-order valence-corrected chi connectivity index (χ1v) is 10.9. The third-order valence-corrected chi connectivity index (χ3v) is 5.83. The number of benzene rings is 2. The smallest absolute Gasteiger partial charge is 0.233 e. The Hall–Kier alpha value is -2.78. The molecule has 1 saturated heterocycles. The van der Waals surface area contributed by atoms with Crippen LogP contribution in [0.1, 0.15) is 13.8 Å². The molecular formula is C22H22F2N4O2S. The zero-order valence-corrected chi connectivity index (χ0v) is 18.0. The molecule has 1 aliphatic heterocycles. The topological polar surface area (TPSA) is 60.2 Å². The summed E-state index contributed by atoms with van der Waals surface area (Å²) in [5.74, 6) is -0.0626. The van der Waals surface area contributed by atoms with E-state index in [0.29, 0.717) is 35.3 Å². The van der Waals surface area contributed by atoms with Crippen molar-refractivity contribution in [3.8, 4) is 17.1 Å². The molecule has 6 nitrogen and oxygen atoms in total. The molecule has 2 heterocycles. The lowest BCUT2D eigenvalue weighted by molar-refractivity contribution is -0.140. The SMILES string of the molecule is C[C@@H]1CN(C(=O)CSc2nnc(-c3ccc(F)cc3)n2-c2ccc(F)cc2)C[C@H](C)O1. The summed E-state index contributed by atoms with van der Waals surface area (Å²) in [6.07, 6.45) is -0.0173. The summed E-state index contributed by atoms with van der Waals surface area (Å²) in [5.41, 5.74) is 1.31. The summed E-state index contributed by atoms with van der Waals surface area (Å²) in [7, 11) is 0. The van der Waals surface area contributed by atoms with E-state index < -0.39 is 0 Å². The second kappa shape index (κ2) is 9.15. The van der Waals surface area contributed by atoms with Crippen molar-refractivity contribution in [2.45, 2.75) is 31.2 Å². The van der Waals surface area contributed by atoms with Crippen molar-refractivity contribution in [1.82, 2.24) is 19.7 Å². The minimum absolute atomic E-state index is 0.00866. The number of carbonyl (C=O) groups excluding carboxylic acids is 1. The van der Waals surface area contributed by atoms with E-state index in [1.165, 1.54) is 36.0 Å². The average Bonchev–Trinajstić information content (AvgIpc) is 3.16. The quantitative estimate of drug-likeness (QED) is 0.558. The standard InChI is InChI=1S/C22H22F2N4O2S/c1-14-11-27(12-15(2)30-14)20(29)13-31-22-26-25-21(16-3-5-17(23)6-4-16)28(22)19-9-7-18(24)8-10-19/h3-10,14-15H,11-13H2,1-2H3/t14-,15+. The Morgan fingerprint density at radius 3 is 2.19 bits per heavy atom. The number of hydrogen-bond acceptors (Lipinski definition) is 5. The predicted octanol–water partition coefficient (Wildman–Crippen LogP) is 3.94. The van der Waals surface area contributed by atoms with E-state index >= 15 is 0 Å². The molecule has 1 amide bonds. The second-order valence-electron chi connectivity index (χ2n) is 7.47. The number of ether oxygens (including phenoxy) is 1. The first kappa shape index (κ1) is 21.5. The highest BCUT2D eigenvalue weighted by Crippen LogP contribution is 2.28. The van der Waals surface area contributed by atoms with Gasteiger partial charge in [-0.2, -0.15) is 0 Å².